The van der Waals surface area contributed by atoms with Gasteiger partial charge in [0.05, 0.1) is 10.5 Å². The molecule has 1 aromatic rings. The third-order valence-electron chi connectivity index (χ3n) is 1.98. The van der Waals surface area contributed by atoms with Gasteiger partial charge >= 0.3 is 0 Å². The highest BCUT2D eigenvalue weighted by atomic mass is 35.5. The van der Waals surface area contributed by atoms with Gasteiger partial charge in [0.1, 0.15) is 5.82 Å². The van der Waals surface area contributed by atoms with Crippen molar-refractivity contribution < 1.29 is 14.1 Å². The molecule has 0 aromatic heterocycles. The van der Waals surface area contributed by atoms with Gasteiger partial charge in [0.15, 0.2) is 0 Å². The van der Waals surface area contributed by atoms with E-state index in [1.807, 2.05) is 0 Å². The molecule has 0 radical (unpaired) electrons. The summed E-state index contributed by atoms with van der Waals surface area (Å²) in [5.41, 5.74) is -0.670. The van der Waals surface area contributed by atoms with Gasteiger partial charge in [-0.3, -0.25) is 14.9 Å². The number of halogens is 2. The highest BCUT2D eigenvalue weighted by Crippen LogP contribution is 2.26. The lowest BCUT2D eigenvalue weighted by Gasteiger charge is -2.05. The van der Waals surface area contributed by atoms with Crippen LogP contribution >= 0.6 is 11.6 Å². The molecule has 0 saturated carbocycles. The molecule has 0 spiro atoms. The molecule has 0 fully saturated rings. The quantitative estimate of drug-likeness (QED) is 0.456. The molecule has 1 rings (SSSR count). The third-order valence-corrected chi connectivity index (χ3v) is 2.17. The Morgan fingerprint density at radius 1 is 1.60 bits per heavy atom. The van der Waals surface area contributed by atoms with E-state index in [9.17, 15) is 19.3 Å². The van der Waals surface area contributed by atoms with Crippen molar-refractivity contribution in [2.45, 2.75) is 13.3 Å². The summed E-state index contributed by atoms with van der Waals surface area (Å²) in [6.45, 7) is 1.59. The van der Waals surface area contributed by atoms with Crippen LogP contribution in [0.4, 0.5) is 10.1 Å². The van der Waals surface area contributed by atoms with Crippen LogP contribution in [0.25, 0.3) is 0 Å². The number of rotatable bonds is 3. The molecule has 4 nitrogen and oxygen atoms in total. The Morgan fingerprint density at radius 2 is 2.20 bits per heavy atom. The summed E-state index contributed by atoms with van der Waals surface area (Å²) in [7, 11) is 0. The van der Waals surface area contributed by atoms with E-state index < -0.39 is 21.5 Å². The topological polar surface area (TPSA) is 60.2 Å². The number of hydrogen-bond acceptors (Lipinski definition) is 3. The summed E-state index contributed by atoms with van der Waals surface area (Å²) in [6.07, 6.45) is 0.169. The molecule has 1 aromatic carbocycles. The summed E-state index contributed by atoms with van der Waals surface area (Å²) >= 11 is 5.17. The number of carbonyl (C=O) groups excluding carboxylic acids is 1. The average Bonchev–Trinajstić information content (AvgIpc) is 2.15. The average molecular weight is 232 g/mol. The van der Waals surface area contributed by atoms with Crippen molar-refractivity contribution in [1.82, 2.24) is 0 Å². The van der Waals surface area contributed by atoms with Gasteiger partial charge in [-0.2, -0.15) is 0 Å². The molecule has 15 heavy (non-hydrogen) atoms. The Kier molecular flexibility index (Phi) is 3.36. The summed E-state index contributed by atoms with van der Waals surface area (Å²) < 4.78 is 13.2. The molecule has 6 heteroatoms. The van der Waals surface area contributed by atoms with Crippen molar-refractivity contribution in [3.63, 3.8) is 0 Å². The molecule has 0 amide bonds. The second-order valence-corrected chi connectivity index (χ2v) is 3.15. The Labute approximate surface area is 89.8 Å². The fourth-order valence-electron chi connectivity index (χ4n) is 1.35. The zero-order valence-corrected chi connectivity index (χ0v) is 8.55. The molecule has 0 atom stereocenters. The molecule has 0 aliphatic rings. The van der Waals surface area contributed by atoms with Crippen LogP contribution in [-0.2, 0) is 6.42 Å². The molecule has 0 aliphatic heterocycles. The van der Waals surface area contributed by atoms with Gasteiger partial charge in [-0.05, 0) is 24.1 Å². The second kappa shape index (κ2) is 4.35. The van der Waals surface area contributed by atoms with Crippen molar-refractivity contribution in [2.24, 2.45) is 0 Å². The fourth-order valence-corrected chi connectivity index (χ4v) is 1.55. The molecule has 0 N–H and O–H groups in total. The number of nitro benzene ring substituents is 1. The minimum Gasteiger partial charge on any atom is -0.275 e. The molecular formula is C9H7ClFNO3. The molecule has 0 aliphatic carbocycles. The van der Waals surface area contributed by atoms with Gasteiger partial charge in [-0.25, -0.2) is 4.39 Å². The number of nitrogens with zero attached hydrogens (tertiary/aromatic N) is 1. The monoisotopic (exact) mass is 231 g/mol. The Morgan fingerprint density at radius 3 is 2.60 bits per heavy atom. The predicted octanol–water partition coefficient (Wildman–Crippen LogP) is 2.68. The van der Waals surface area contributed by atoms with Gasteiger partial charge < -0.3 is 0 Å². The maximum absolute atomic E-state index is 13.2. The largest absolute Gasteiger partial charge is 0.275 e. The van der Waals surface area contributed by atoms with Crippen LogP contribution in [0.2, 0.25) is 0 Å². The van der Waals surface area contributed by atoms with E-state index in [0.29, 0.717) is 0 Å². The lowest BCUT2D eigenvalue weighted by Crippen LogP contribution is -2.05. The van der Waals surface area contributed by atoms with Crippen molar-refractivity contribution in [2.75, 3.05) is 0 Å². The van der Waals surface area contributed by atoms with Crippen LogP contribution in [0, 0.1) is 15.9 Å². The molecule has 80 valence electrons. The van der Waals surface area contributed by atoms with Gasteiger partial charge in [-0.1, -0.05) is 6.92 Å². The Bertz CT molecular complexity index is 434. The second-order valence-electron chi connectivity index (χ2n) is 2.80. The SMILES string of the molecule is CCc1c([N+](=O)[O-])ccc(F)c1C(=O)Cl. The van der Waals surface area contributed by atoms with Crippen LogP contribution in [0.3, 0.4) is 0 Å². The van der Waals surface area contributed by atoms with E-state index in [4.69, 9.17) is 11.6 Å². The Balaban J connectivity index is 3.54. The smallest absolute Gasteiger partial charge is 0.273 e. The zero-order valence-electron chi connectivity index (χ0n) is 7.79. The maximum Gasteiger partial charge on any atom is 0.273 e. The first-order valence-corrected chi connectivity index (χ1v) is 4.52. The molecule has 0 unspecified atom stereocenters. The van der Waals surface area contributed by atoms with Crippen molar-refractivity contribution in [3.05, 3.63) is 39.2 Å². The van der Waals surface area contributed by atoms with Crippen LogP contribution in [0.1, 0.15) is 22.8 Å². The van der Waals surface area contributed by atoms with Gasteiger partial charge in [-0.15, -0.1) is 0 Å². The standard InChI is InChI=1S/C9H7ClFNO3/c1-2-5-7(12(14)15)4-3-6(11)8(5)9(10)13/h3-4H,2H2,1H3. The first kappa shape index (κ1) is 11.6. The third kappa shape index (κ3) is 2.12. The van der Waals surface area contributed by atoms with Crippen molar-refractivity contribution >= 4 is 22.5 Å². The lowest BCUT2D eigenvalue weighted by atomic mass is 10.0. The minimum absolute atomic E-state index is 0.0278. The molecular weight excluding hydrogens is 225 g/mol. The van der Waals surface area contributed by atoms with E-state index >= 15 is 0 Å². The minimum atomic E-state index is -1.02. The van der Waals surface area contributed by atoms with Gasteiger partial charge in [0, 0.05) is 11.6 Å². The summed E-state index contributed by atoms with van der Waals surface area (Å²) in [5.74, 6) is -0.836. The molecule has 0 bridgehead atoms. The van der Waals surface area contributed by atoms with Crippen molar-refractivity contribution in [1.29, 1.82) is 0 Å². The van der Waals surface area contributed by atoms with E-state index in [0.717, 1.165) is 12.1 Å². The van der Waals surface area contributed by atoms with E-state index in [-0.39, 0.29) is 17.7 Å². The summed E-state index contributed by atoms with van der Waals surface area (Å²) in [6, 6.07) is 1.89. The fraction of sp³-hybridized carbons (Fsp3) is 0.222. The van der Waals surface area contributed by atoms with Crippen LogP contribution < -0.4 is 0 Å². The highest BCUT2D eigenvalue weighted by molar-refractivity contribution is 6.68. The van der Waals surface area contributed by atoms with E-state index in [1.54, 1.807) is 6.92 Å². The van der Waals surface area contributed by atoms with E-state index in [2.05, 4.69) is 0 Å². The van der Waals surface area contributed by atoms with Crippen LogP contribution in [0.5, 0.6) is 0 Å². The van der Waals surface area contributed by atoms with E-state index in [1.165, 1.54) is 0 Å². The number of carbonyl (C=O) groups is 1. The highest BCUT2D eigenvalue weighted by Gasteiger charge is 2.23. The van der Waals surface area contributed by atoms with Gasteiger partial charge in [0.25, 0.3) is 10.9 Å². The Hall–Kier alpha value is -1.49. The lowest BCUT2D eigenvalue weighted by molar-refractivity contribution is -0.385. The normalized spacial score (nSPS) is 10.1. The van der Waals surface area contributed by atoms with Crippen molar-refractivity contribution in [3.8, 4) is 0 Å². The molecule has 0 saturated heterocycles. The predicted molar refractivity (Wildman–Crippen MR) is 52.6 cm³/mol. The number of hydrogen-bond donors (Lipinski definition) is 0. The number of nitro groups is 1. The zero-order chi connectivity index (χ0) is 11.6. The first-order chi connectivity index (χ1) is 6.99. The number of benzene rings is 1. The van der Waals surface area contributed by atoms with Gasteiger partial charge in [0.2, 0.25) is 0 Å². The summed E-state index contributed by atoms with van der Waals surface area (Å²) in [5, 5.41) is 9.58. The molecule has 0 heterocycles. The van der Waals surface area contributed by atoms with Crippen LogP contribution in [-0.4, -0.2) is 10.2 Å². The first-order valence-electron chi connectivity index (χ1n) is 4.14. The maximum atomic E-state index is 13.2. The van der Waals surface area contributed by atoms with Crippen LogP contribution in [0.15, 0.2) is 12.1 Å². The summed E-state index contributed by atoms with van der Waals surface area (Å²) in [4.78, 5) is 20.9.